The van der Waals surface area contributed by atoms with Crippen LogP contribution in [-0.2, 0) is 17.8 Å². The average molecular weight is 446 g/mol. The summed E-state index contributed by atoms with van der Waals surface area (Å²) in [6, 6.07) is 21.5. The summed E-state index contributed by atoms with van der Waals surface area (Å²) in [4.78, 5) is 31.6. The summed E-state index contributed by atoms with van der Waals surface area (Å²) in [5.74, 6) is 0.260. The molecular formula is C27H31N3O3. The SMILES string of the molecule is C[C@H](CC(=O)N1CCC(O)(Cn2cnc(Cc3ccccc3)cc2=O)CC1)c1ccccc1. The van der Waals surface area contributed by atoms with Gasteiger partial charge in [-0.1, -0.05) is 67.6 Å². The van der Waals surface area contributed by atoms with E-state index in [1.54, 1.807) is 6.07 Å². The smallest absolute Gasteiger partial charge is 0.253 e. The summed E-state index contributed by atoms with van der Waals surface area (Å²) in [7, 11) is 0. The van der Waals surface area contributed by atoms with Crippen molar-refractivity contribution >= 4 is 5.91 Å². The van der Waals surface area contributed by atoms with Crippen LogP contribution < -0.4 is 5.56 Å². The molecule has 6 nitrogen and oxygen atoms in total. The molecule has 1 aromatic heterocycles. The van der Waals surface area contributed by atoms with Gasteiger partial charge in [-0.15, -0.1) is 0 Å². The fraction of sp³-hybridized carbons (Fsp3) is 0.370. The molecular weight excluding hydrogens is 414 g/mol. The second-order valence-electron chi connectivity index (χ2n) is 9.13. The zero-order chi connectivity index (χ0) is 23.3. The van der Waals surface area contributed by atoms with Gasteiger partial charge in [0.15, 0.2) is 0 Å². The molecule has 0 bridgehead atoms. The van der Waals surface area contributed by atoms with E-state index in [4.69, 9.17) is 0 Å². The maximum Gasteiger partial charge on any atom is 0.253 e. The number of rotatable bonds is 7. The van der Waals surface area contributed by atoms with Crippen LogP contribution in [0.4, 0.5) is 0 Å². The zero-order valence-electron chi connectivity index (χ0n) is 19.1. The van der Waals surface area contributed by atoms with E-state index in [-0.39, 0.29) is 23.9 Å². The Balaban J connectivity index is 1.32. The van der Waals surface area contributed by atoms with Crippen molar-refractivity contribution in [3.05, 3.63) is 100 Å². The molecule has 1 amide bonds. The molecule has 172 valence electrons. The molecule has 6 heteroatoms. The molecule has 1 N–H and O–H groups in total. The van der Waals surface area contributed by atoms with Gasteiger partial charge in [-0.3, -0.25) is 14.2 Å². The van der Waals surface area contributed by atoms with Crippen LogP contribution in [0.5, 0.6) is 0 Å². The largest absolute Gasteiger partial charge is 0.388 e. The minimum Gasteiger partial charge on any atom is -0.388 e. The van der Waals surface area contributed by atoms with E-state index in [1.807, 2.05) is 65.6 Å². The fourth-order valence-electron chi connectivity index (χ4n) is 4.42. The molecule has 0 radical (unpaired) electrons. The maximum absolute atomic E-state index is 12.8. The normalized spacial score (nSPS) is 16.4. The number of piperidine rings is 1. The van der Waals surface area contributed by atoms with Gasteiger partial charge < -0.3 is 10.0 Å². The van der Waals surface area contributed by atoms with Crippen molar-refractivity contribution in [3.63, 3.8) is 0 Å². The Labute approximate surface area is 194 Å². The molecule has 2 aromatic carbocycles. The van der Waals surface area contributed by atoms with Crippen molar-refractivity contribution in [1.29, 1.82) is 0 Å². The highest BCUT2D eigenvalue weighted by Gasteiger charge is 2.34. The number of carbonyl (C=O) groups excluding carboxylic acids is 1. The van der Waals surface area contributed by atoms with Gasteiger partial charge in [0.25, 0.3) is 5.56 Å². The lowest BCUT2D eigenvalue weighted by atomic mass is 9.90. The van der Waals surface area contributed by atoms with Gasteiger partial charge >= 0.3 is 0 Å². The van der Waals surface area contributed by atoms with Crippen LogP contribution in [0.1, 0.15) is 48.9 Å². The molecule has 33 heavy (non-hydrogen) atoms. The predicted molar refractivity (Wildman–Crippen MR) is 128 cm³/mol. The van der Waals surface area contributed by atoms with Crippen molar-refractivity contribution in [2.45, 2.75) is 50.7 Å². The summed E-state index contributed by atoms with van der Waals surface area (Å²) < 4.78 is 1.48. The van der Waals surface area contributed by atoms with Gasteiger partial charge in [0, 0.05) is 32.0 Å². The Morgan fingerprint density at radius 2 is 1.70 bits per heavy atom. The molecule has 0 unspecified atom stereocenters. The van der Waals surface area contributed by atoms with E-state index in [0.29, 0.717) is 44.5 Å². The molecule has 1 fully saturated rings. The van der Waals surface area contributed by atoms with E-state index in [0.717, 1.165) is 11.1 Å². The third kappa shape index (κ3) is 5.96. The Morgan fingerprint density at radius 3 is 2.33 bits per heavy atom. The molecule has 0 saturated carbocycles. The third-order valence-electron chi connectivity index (χ3n) is 6.53. The average Bonchev–Trinajstić information content (AvgIpc) is 2.82. The lowest BCUT2D eigenvalue weighted by Gasteiger charge is -2.38. The summed E-state index contributed by atoms with van der Waals surface area (Å²) >= 11 is 0. The second kappa shape index (κ2) is 10.1. The molecule has 3 aromatic rings. The third-order valence-corrected chi connectivity index (χ3v) is 6.53. The Hall–Kier alpha value is -3.25. The minimum atomic E-state index is -1.02. The topological polar surface area (TPSA) is 75.4 Å². The first-order chi connectivity index (χ1) is 15.9. The van der Waals surface area contributed by atoms with Crippen LogP contribution in [0.2, 0.25) is 0 Å². The molecule has 0 aliphatic carbocycles. The van der Waals surface area contributed by atoms with Crippen LogP contribution in [0.15, 0.2) is 77.9 Å². The van der Waals surface area contributed by atoms with Crippen LogP contribution in [0, 0.1) is 0 Å². The van der Waals surface area contributed by atoms with Crippen LogP contribution in [-0.4, -0.2) is 44.2 Å². The summed E-state index contributed by atoms with van der Waals surface area (Å²) in [5, 5.41) is 11.1. The van der Waals surface area contributed by atoms with Crippen LogP contribution in [0.3, 0.4) is 0 Å². The van der Waals surface area contributed by atoms with Crippen molar-refractivity contribution in [1.82, 2.24) is 14.5 Å². The van der Waals surface area contributed by atoms with Gasteiger partial charge in [-0.25, -0.2) is 4.98 Å². The Kier molecular flexibility index (Phi) is 7.04. The quantitative estimate of drug-likeness (QED) is 0.605. The number of carbonyl (C=O) groups is 1. The molecule has 1 aliphatic rings. The standard InChI is InChI=1S/C27H31N3O3/c1-21(23-10-6-3-7-11-23)16-25(31)29-14-12-27(33,13-15-29)19-30-20-28-24(18-26(30)32)17-22-8-4-2-5-9-22/h2-11,18,20-21,33H,12-17,19H2,1H3/t21-/m1/s1. The number of amides is 1. The van der Waals surface area contributed by atoms with Gasteiger partial charge in [0.2, 0.25) is 5.91 Å². The van der Waals surface area contributed by atoms with Gasteiger partial charge in [-0.05, 0) is 29.9 Å². The van der Waals surface area contributed by atoms with Gasteiger partial charge in [0.1, 0.15) is 0 Å². The summed E-state index contributed by atoms with van der Waals surface area (Å²) in [5.41, 5.74) is 1.78. The van der Waals surface area contributed by atoms with Gasteiger partial charge in [0.05, 0.1) is 24.2 Å². The van der Waals surface area contributed by atoms with E-state index >= 15 is 0 Å². The highest BCUT2D eigenvalue weighted by Crippen LogP contribution is 2.26. The van der Waals surface area contributed by atoms with E-state index in [9.17, 15) is 14.7 Å². The minimum absolute atomic E-state index is 0.109. The number of hydrogen-bond acceptors (Lipinski definition) is 4. The van der Waals surface area contributed by atoms with Crippen LogP contribution >= 0.6 is 0 Å². The number of hydrogen-bond donors (Lipinski definition) is 1. The zero-order valence-corrected chi connectivity index (χ0v) is 19.1. The predicted octanol–water partition coefficient (Wildman–Crippen LogP) is 3.38. The Bertz CT molecular complexity index is 1120. The van der Waals surface area contributed by atoms with E-state index in [1.165, 1.54) is 10.9 Å². The van der Waals surface area contributed by atoms with Crippen molar-refractivity contribution in [2.24, 2.45) is 0 Å². The van der Waals surface area contributed by atoms with E-state index < -0.39 is 5.60 Å². The number of likely N-dealkylation sites (tertiary alicyclic amines) is 1. The van der Waals surface area contributed by atoms with Crippen LogP contribution in [0.25, 0.3) is 0 Å². The number of benzene rings is 2. The molecule has 1 aliphatic heterocycles. The van der Waals surface area contributed by atoms with Crippen molar-refractivity contribution in [2.75, 3.05) is 13.1 Å². The van der Waals surface area contributed by atoms with Crippen molar-refractivity contribution < 1.29 is 9.90 Å². The number of nitrogens with zero attached hydrogens (tertiary/aromatic N) is 3. The molecule has 2 heterocycles. The van der Waals surface area contributed by atoms with E-state index in [2.05, 4.69) is 11.9 Å². The first-order valence-corrected chi connectivity index (χ1v) is 11.6. The molecule has 0 spiro atoms. The number of aromatic nitrogens is 2. The molecule has 1 atom stereocenters. The molecule has 1 saturated heterocycles. The monoisotopic (exact) mass is 445 g/mol. The van der Waals surface area contributed by atoms with Crippen molar-refractivity contribution in [3.8, 4) is 0 Å². The first-order valence-electron chi connectivity index (χ1n) is 11.6. The molecule has 4 rings (SSSR count). The Morgan fingerprint density at radius 1 is 1.06 bits per heavy atom. The highest BCUT2D eigenvalue weighted by atomic mass is 16.3. The number of aliphatic hydroxyl groups is 1. The summed E-state index contributed by atoms with van der Waals surface area (Å²) in [6.45, 7) is 3.23. The lowest BCUT2D eigenvalue weighted by Crippen LogP contribution is -2.49. The fourth-order valence-corrected chi connectivity index (χ4v) is 4.42. The van der Waals surface area contributed by atoms with Gasteiger partial charge in [-0.2, -0.15) is 0 Å². The second-order valence-corrected chi connectivity index (χ2v) is 9.13. The summed E-state index contributed by atoms with van der Waals surface area (Å²) in [6.07, 6.45) is 3.46. The first kappa shape index (κ1) is 22.9. The lowest BCUT2D eigenvalue weighted by molar-refractivity contribution is -0.136. The maximum atomic E-state index is 12.8. The highest BCUT2D eigenvalue weighted by molar-refractivity contribution is 5.77.